The summed E-state index contributed by atoms with van der Waals surface area (Å²) in [5, 5.41) is 0.482. The van der Waals surface area contributed by atoms with Crippen molar-refractivity contribution in [2.24, 2.45) is 0 Å². The molecule has 184 valence electrons. The summed E-state index contributed by atoms with van der Waals surface area (Å²) in [7, 11) is 0. The molecule has 2 aromatic carbocycles. The molecule has 3 rings (SSSR count). The Kier molecular flexibility index (Phi) is 8.90. The van der Waals surface area contributed by atoms with Gasteiger partial charge in [-0.3, -0.25) is 0 Å². The average molecular weight is 477 g/mol. The summed E-state index contributed by atoms with van der Waals surface area (Å²) in [6.45, 7) is 10.2. The van der Waals surface area contributed by atoms with Crippen molar-refractivity contribution in [3.05, 3.63) is 87.8 Å². The van der Waals surface area contributed by atoms with E-state index in [1.165, 1.54) is 11.1 Å². The van der Waals surface area contributed by atoms with E-state index in [0.29, 0.717) is 23.3 Å². The fourth-order valence-electron chi connectivity index (χ4n) is 3.40. The molecule has 0 spiro atoms. The van der Waals surface area contributed by atoms with E-state index < -0.39 is 11.6 Å². The minimum atomic E-state index is -0.818. The number of rotatable bonds is 10. The zero-order chi connectivity index (χ0) is 25.4. The molecule has 0 saturated heterocycles. The van der Waals surface area contributed by atoms with Gasteiger partial charge in [0, 0.05) is 0 Å². The Morgan fingerprint density at radius 1 is 0.971 bits per heavy atom. The molecule has 0 radical (unpaired) electrons. The molecule has 0 aliphatic rings. The maximum atomic E-state index is 12.9. The van der Waals surface area contributed by atoms with Crippen LogP contribution in [0.25, 0.3) is 11.0 Å². The summed E-state index contributed by atoms with van der Waals surface area (Å²) in [5.74, 6) is -0.406. The van der Waals surface area contributed by atoms with Crippen LogP contribution in [0.4, 0.5) is 0 Å². The van der Waals surface area contributed by atoms with Gasteiger partial charge in [-0.25, -0.2) is 9.59 Å². The molecular weight excluding hydrogens is 444 g/mol. The highest BCUT2D eigenvalue weighted by Gasteiger charge is 2.24. The normalized spacial score (nSPS) is 11.4. The van der Waals surface area contributed by atoms with Crippen molar-refractivity contribution < 1.29 is 23.4 Å². The molecular formula is C29H32O6. The van der Waals surface area contributed by atoms with E-state index in [4.69, 9.17) is 18.6 Å². The molecule has 0 unspecified atom stereocenters. The SMILES string of the molecule is CC(C)=CCCC(C)=CCOc1cccc2c(OC(C)C)c(OC(=O)c3ccccc3)c(=O)oc12. The molecule has 6 heteroatoms. The topological polar surface area (TPSA) is 75.0 Å². The fourth-order valence-corrected chi connectivity index (χ4v) is 3.40. The Labute approximate surface area is 205 Å². The first-order valence-corrected chi connectivity index (χ1v) is 11.7. The largest absolute Gasteiger partial charge is 0.486 e. The van der Waals surface area contributed by atoms with Gasteiger partial charge in [-0.05, 0) is 77.8 Å². The van der Waals surface area contributed by atoms with Crippen LogP contribution in [0.3, 0.4) is 0 Å². The number of carbonyl (C=O) groups excluding carboxylic acids is 1. The highest BCUT2D eigenvalue weighted by atomic mass is 16.6. The first kappa shape index (κ1) is 25.8. The Bertz CT molecular complexity index is 1280. The van der Waals surface area contributed by atoms with E-state index in [1.807, 2.05) is 19.9 Å². The average Bonchev–Trinajstić information content (AvgIpc) is 2.81. The van der Waals surface area contributed by atoms with Crippen LogP contribution in [-0.2, 0) is 0 Å². The van der Waals surface area contributed by atoms with Crippen molar-refractivity contribution in [1.29, 1.82) is 0 Å². The van der Waals surface area contributed by atoms with Gasteiger partial charge < -0.3 is 18.6 Å². The molecule has 0 N–H and O–H groups in total. The molecule has 3 aromatic rings. The number of fused-ring (bicyclic) bond motifs is 1. The van der Waals surface area contributed by atoms with Crippen molar-refractivity contribution in [2.75, 3.05) is 6.61 Å². The number of hydrogen-bond donors (Lipinski definition) is 0. The van der Waals surface area contributed by atoms with Crippen LogP contribution in [0.1, 0.15) is 57.8 Å². The van der Waals surface area contributed by atoms with Gasteiger partial charge in [-0.1, -0.05) is 41.5 Å². The van der Waals surface area contributed by atoms with E-state index in [2.05, 4.69) is 26.8 Å². The van der Waals surface area contributed by atoms with Crippen LogP contribution in [0.15, 0.2) is 81.0 Å². The van der Waals surface area contributed by atoms with Gasteiger partial charge in [0.15, 0.2) is 17.1 Å². The zero-order valence-corrected chi connectivity index (χ0v) is 20.9. The molecule has 35 heavy (non-hydrogen) atoms. The van der Waals surface area contributed by atoms with Crippen LogP contribution in [0.5, 0.6) is 17.2 Å². The molecule has 1 aromatic heterocycles. The minimum Gasteiger partial charge on any atom is -0.486 e. The smallest absolute Gasteiger partial charge is 0.383 e. The third-order valence-electron chi connectivity index (χ3n) is 5.13. The van der Waals surface area contributed by atoms with Gasteiger partial charge in [-0.2, -0.15) is 0 Å². The van der Waals surface area contributed by atoms with Crippen molar-refractivity contribution in [2.45, 2.75) is 53.6 Å². The highest BCUT2D eigenvalue weighted by Crippen LogP contribution is 2.37. The standard InChI is InChI=1S/C29H32O6/c1-19(2)11-9-12-21(5)17-18-32-24-16-10-15-23-25(24)34-29(31)27(26(23)33-20(3)4)35-28(30)22-13-7-6-8-14-22/h6-8,10-11,13-17,20H,9,12,18H2,1-5H3. The summed E-state index contributed by atoms with van der Waals surface area (Å²) in [6, 6.07) is 13.7. The fraction of sp³-hybridized carbons (Fsp3) is 0.310. The molecule has 0 aliphatic heterocycles. The first-order valence-electron chi connectivity index (χ1n) is 11.7. The number of carbonyl (C=O) groups is 1. The van der Waals surface area contributed by atoms with Gasteiger partial charge in [0.2, 0.25) is 0 Å². The van der Waals surface area contributed by atoms with Crippen LogP contribution in [-0.4, -0.2) is 18.7 Å². The summed E-state index contributed by atoms with van der Waals surface area (Å²) >= 11 is 0. The molecule has 0 aliphatic carbocycles. The number of esters is 1. The van der Waals surface area contributed by atoms with Gasteiger partial charge in [0.1, 0.15) is 6.61 Å². The van der Waals surface area contributed by atoms with Crippen LogP contribution in [0, 0.1) is 0 Å². The molecule has 0 atom stereocenters. The second kappa shape index (κ2) is 12.1. The molecule has 0 bridgehead atoms. The van der Waals surface area contributed by atoms with E-state index in [9.17, 15) is 9.59 Å². The van der Waals surface area contributed by atoms with Gasteiger partial charge in [0.05, 0.1) is 17.1 Å². The number of hydrogen-bond acceptors (Lipinski definition) is 6. The molecule has 0 fully saturated rings. The highest BCUT2D eigenvalue weighted by molar-refractivity contribution is 5.94. The monoisotopic (exact) mass is 476 g/mol. The number of ether oxygens (including phenoxy) is 3. The van der Waals surface area contributed by atoms with E-state index in [-0.39, 0.29) is 23.2 Å². The van der Waals surface area contributed by atoms with Gasteiger partial charge in [0.25, 0.3) is 5.75 Å². The van der Waals surface area contributed by atoms with Crippen LogP contribution < -0.4 is 19.8 Å². The number of allylic oxidation sites excluding steroid dienone is 3. The number of para-hydroxylation sites is 1. The maximum absolute atomic E-state index is 12.9. The lowest BCUT2D eigenvalue weighted by atomic mass is 10.1. The van der Waals surface area contributed by atoms with E-state index >= 15 is 0 Å². The van der Waals surface area contributed by atoms with Crippen LogP contribution >= 0.6 is 0 Å². The van der Waals surface area contributed by atoms with Gasteiger partial charge in [-0.15, -0.1) is 0 Å². The Morgan fingerprint density at radius 2 is 1.71 bits per heavy atom. The Balaban J connectivity index is 1.91. The van der Waals surface area contributed by atoms with Crippen LogP contribution in [0.2, 0.25) is 0 Å². The zero-order valence-electron chi connectivity index (χ0n) is 20.9. The minimum absolute atomic E-state index is 0.148. The summed E-state index contributed by atoms with van der Waals surface area (Å²) in [6.07, 6.45) is 5.87. The van der Waals surface area contributed by atoms with Gasteiger partial charge >= 0.3 is 11.6 Å². The first-order chi connectivity index (χ1) is 16.8. The van der Waals surface area contributed by atoms with Crippen molar-refractivity contribution in [1.82, 2.24) is 0 Å². The second-order valence-corrected chi connectivity index (χ2v) is 8.78. The third kappa shape index (κ3) is 7.09. The number of benzene rings is 2. The third-order valence-corrected chi connectivity index (χ3v) is 5.13. The summed E-state index contributed by atoms with van der Waals surface area (Å²) in [4.78, 5) is 25.5. The quantitative estimate of drug-likeness (QED) is 0.181. The predicted octanol–water partition coefficient (Wildman–Crippen LogP) is 6.87. The lowest BCUT2D eigenvalue weighted by Gasteiger charge is -2.16. The molecule has 1 heterocycles. The van der Waals surface area contributed by atoms with Crippen molar-refractivity contribution in [3.8, 4) is 17.2 Å². The molecule has 0 amide bonds. The van der Waals surface area contributed by atoms with Crippen molar-refractivity contribution >= 4 is 16.9 Å². The summed E-state index contributed by atoms with van der Waals surface area (Å²) < 4.78 is 22.9. The predicted molar refractivity (Wildman–Crippen MR) is 138 cm³/mol. The molecule has 6 nitrogen and oxygen atoms in total. The lowest BCUT2D eigenvalue weighted by Crippen LogP contribution is -2.18. The molecule has 0 saturated carbocycles. The summed E-state index contributed by atoms with van der Waals surface area (Å²) in [5.41, 5.74) is 2.24. The maximum Gasteiger partial charge on any atom is 0.383 e. The van der Waals surface area contributed by atoms with E-state index in [1.54, 1.807) is 48.5 Å². The Hall–Kier alpha value is -3.80. The second-order valence-electron chi connectivity index (χ2n) is 8.78. The Morgan fingerprint density at radius 3 is 2.40 bits per heavy atom. The van der Waals surface area contributed by atoms with Crippen molar-refractivity contribution in [3.63, 3.8) is 0 Å². The lowest BCUT2D eigenvalue weighted by molar-refractivity contribution is 0.0718. The van der Waals surface area contributed by atoms with E-state index in [0.717, 1.165) is 12.8 Å².